The van der Waals surface area contributed by atoms with Crippen LogP contribution in [0.25, 0.3) is 0 Å². The number of anilines is 1. The Balaban J connectivity index is 1.84. The van der Waals surface area contributed by atoms with Gasteiger partial charge in [-0.2, -0.15) is 0 Å². The summed E-state index contributed by atoms with van der Waals surface area (Å²) in [5, 5.41) is 0. The number of carbonyl (C=O) groups is 1. The first-order valence-corrected chi connectivity index (χ1v) is 5.99. The Labute approximate surface area is 109 Å². The minimum Gasteiger partial charge on any atom is -0.399 e. The number of nitrogens with zero attached hydrogens (tertiary/aromatic N) is 1. The molecule has 1 aromatic heterocycles. The molecule has 1 amide bonds. The summed E-state index contributed by atoms with van der Waals surface area (Å²) in [6.45, 7) is 1.13. The molecule has 2 heterocycles. The van der Waals surface area contributed by atoms with Gasteiger partial charge in [0, 0.05) is 31.0 Å². The summed E-state index contributed by atoms with van der Waals surface area (Å²) in [6, 6.07) is 8.58. The predicted molar refractivity (Wildman–Crippen MR) is 71.5 cm³/mol. The lowest BCUT2D eigenvalue weighted by molar-refractivity contribution is 0.0751. The second-order valence-electron chi connectivity index (χ2n) is 4.63. The normalized spacial score (nSPS) is 13.4. The van der Waals surface area contributed by atoms with Crippen LogP contribution in [0.4, 0.5) is 5.69 Å². The number of rotatable bonds is 1. The van der Waals surface area contributed by atoms with E-state index in [9.17, 15) is 9.59 Å². The molecule has 0 fully saturated rings. The zero-order valence-corrected chi connectivity index (χ0v) is 10.2. The van der Waals surface area contributed by atoms with Crippen molar-refractivity contribution in [3.63, 3.8) is 0 Å². The van der Waals surface area contributed by atoms with Crippen LogP contribution >= 0.6 is 0 Å². The smallest absolute Gasteiger partial charge is 0.255 e. The molecule has 3 N–H and O–H groups in total. The van der Waals surface area contributed by atoms with Crippen molar-refractivity contribution in [2.75, 3.05) is 5.73 Å². The molecule has 1 aliphatic heterocycles. The number of aromatic amines is 1. The predicted octanol–water partition coefficient (Wildman–Crippen LogP) is 1.11. The number of fused-ring (bicyclic) bond motifs is 1. The van der Waals surface area contributed by atoms with Crippen LogP contribution in [0.15, 0.2) is 41.3 Å². The van der Waals surface area contributed by atoms with Gasteiger partial charge < -0.3 is 15.6 Å². The molecule has 5 heteroatoms. The number of pyridine rings is 1. The van der Waals surface area contributed by atoms with Crippen molar-refractivity contribution in [3.8, 4) is 0 Å². The Morgan fingerprint density at radius 1 is 1.16 bits per heavy atom. The summed E-state index contributed by atoms with van der Waals surface area (Å²) in [5.74, 6) is -0.0916. The third kappa shape index (κ3) is 2.10. The molecule has 0 aliphatic carbocycles. The van der Waals surface area contributed by atoms with Gasteiger partial charge in [0.1, 0.15) is 0 Å². The lowest BCUT2D eigenvalue weighted by Crippen LogP contribution is -2.26. The van der Waals surface area contributed by atoms with Crippen LogP contribution in [0.1, 0.15) is 21.5 Å². The Morgan fingerprint density at radius 2 is 1.95 bits per heavy atom. The Bertz CT molecular complexity index is 686. The van der Waals surface area contributed by atoms with Crippen molar-refractivity contribution in [3.05, 3.63) is 63.6 Å². The maximum Gasteiger partial charge on any atom is 0.255 e. The first-order valence-electron chi connectivity index (χ1n) is 5.99. The fraction of sp³-hybridized carbons (Fsp3) is 0.143. The van der Waals surface area contributed by atoms with Crippen molar-refractivity contribution >= 4 is 11.6 Å². The average Bonchev–Trinajstić information content (AvgIpc) is 2.81. The monoisotopic (exact) mass is 255 g/mol. The number of aromatic nitrogens is 1. The maximum absolute atomic E-state index is 12.3. The zero-order valence-electron chi connectivity index (χ0n) is 10.2. The third-order valence-corrected chi connectivity index (χ3v) is 3.27. The summed E-state index contributed by atoms with van der Waals surface area (Å²) < 4.78 is 0. The molecule has 1 aromatic carbocycles. The van der Waals surface area contributed by atoms with E-state index in [0.717, 1.165) is 11.1 Å². The van der Waals surface area contributed by atoms with Crippen LogP contribution in [-0.4, -0.2) is 15.8 Å². The van der Waals surface area contributed by atoms with E-state index in [1.54, 1.807) is 11.0 Å². The molecule has 19 heavy (non-hydrogen) atoms. The number of nitrogens with one attached hydrogen (secondary N) is 1. The second-order valence-corrected chi connectivity index (χ2v) is 4.63. The van der Waals surface area contributed by atoms with Crippen LogP contribution in [0, 0.1) is 0 Å². The van der Waals surface area contributed by atoms with Crippen LogP contribution in [0.3, 0.4) is 0 Å². The van der Waals surface area contributed by atoms with Crippen molar-refractivity contribution in [1.29, 1.82) is 0 Å². The van der Waals surface area contributed by atoms with E-state index in [1.807, 2.05) is 18.2 Å². The minimum atomic E-state index is -0.214. The fourth-order valence-electron chi connectivity index (χ4n) is 2.28. The highest BCUT2D eigenvalue weighted by Crippen LogP contribution is 2.25. The molecule has 3 rings (SSSR count). The van der Waals surface area contributed by atoms with Crippen molar-refractivity contribution < 1.29 is 4.79 Å². The van der Waals surface area contributed by atoms with Crippen molar-refractivity contribution in [2.45, 2.75) is 13.1 Å². The van der Waals surface area contributed by atoms with Crippen LogP contribution in [-0.2, 0) is 13.1 Å². The molecular weight excluding hydrogens is 242 g/mol. The van der Waals surface area contributed by atoms with Gasteiger partial charge in [0.25, 0.3) is 5.91 Å². The number of hydrogen-bond acceptors (Lipinski definition) is 3. The lowest BCUT2D eigenvalue weighted by Gasteiger charge is -2.14. The molecule has 0 saturated heterocycles. The highest BCUT2D eigenvalue weighted by molar-refractivity contribution is 5.94. The van der Waals surface area contributed by atoms with Gasteiger partial charge in [-0.3, -0.25) is 9.59 Å². The number of carbonyl (C=O) groups excluding carboxylic acids is 1. The van der Waals surface area contributed by atoms with Gasteiger partial charge in [-0.1, -0.05) is 6.07 Å². The first-order chi connectivity index (χ1) is 9.13. The molecule has 0 spiro atoms. The Morgan fingerprint density at radius 3 is 2.68 bits per heavy atom. The van der Waals surface area contributed by atoms with Crippen LogP contribution in [0.5, 0.6) is 0 Å². The molecule has 0 unspecified atom stereocenters. The molecule has 2 aromatic rings. The second kappa shape index (κ2) is 4.28. The fourth-order valence-corrected chi connectivity index (χ4v) is 2.28. The lowest BCUT2D eigenvalue weighted by atomic mass is 10.1. The van der Waals surface area contributed by atoms with Crippen LogP contribution < -0.4 is 11.3 Å². The molecule has 96 valence electrons. The first kappa shape index (κ1) is 11.5. The summed E-state index contributed by atoms with van der Waals surface area (Å²) >= 11 is 0. The largest absolute Gasteiger partial charge is 0.399 e. The summed E-state index contributed by atoms with van der Waals surface area (Å²) in [5.41, 5.74) is 8.91. The van der Waals surface area contributed by atoms with E-state index in [2.05, 4.69) is 4.98 Å². The Hall–Kier alpha value is -2.56. The highest BCUT2D eigenvalue weighted by Gasteiger charge is 2.24. The molecule has 0 radical (unpaired) electrons. The van der Waals surface area contributed by atoms with Crippen molar-refractivity contribution in [2.24, 2.45) is 0 Å². The van der Waals surface area contributed by atoms with Gasteiger partial charge in [0.15, 0.2) is 0 Å². The van der Waals surface area contributed by atoms with E-state index < -0.39 is 0 Å². The number of nitrogens with two attached hydrogens (primary N) is 1. The van der Waals surface area contributed by atoms with Crippen molar-refractivity contribution in [1.82, 2.24) is 9.88 Å². The topological polar surface area (TPSA) is 79.2 Å². The van der Waals surface area contributed by atoms with Gasteiger partial charge in [-0.15, -0.1) is 0 Å². The van der Waals surface area contributed by atoms with Gasteiger partial charge in [0.05, 0.1) is 5.56 Å². The van der Waals surface area contributed by atoms with Gasteiger partial charge in [-0.05, 0) is 29.3 Å². The van der Waals surface area contributed by atoms with Gasteiger partial charge >= 0.3 is 0 Å². The van der Waals surface area contributed by atoms with Gasteiger partial charge in [-0.25, -0.2) is 0 Å². The standard InChI is InChI=1S/C14H13N3O2/c15-12-3-1-10-7-17(8-11(10)5-12)14(19)9-2-4-13(18)16-6-9/h1-6H,7-8,15H2,(H,16,18). The maximum atomic E-state index is 12.3. The molecular formula is C14H13N3O2. The molecule has 5 nitrogen and oxygen atoms in total. The zero-order chi connectivity index (χ0) is 13.4. The average molecular weight is 255 g/mol. The third-order valence-electron chi connectivity index (χ3n) is 3.27. The number of nitrogen functional groups attached to an aromatic ring is 1. The van der Waals surface area contributed by atoms with E-state index in [4.69, 9.17) is 5.73 Å². The quantitative estimate of drug-likeness (QED) is 0.749. The van der Waals surface area contributed by atoms with E-state index in [1.165, 1.54) is 12.3 Å². The SMILES string of the molecule is Nc1ccc2c(c1)CN(C(=O)c1ccc(=O)[nH]c1)C2. The Kier molecular flexibility index (Phi) is 2.59. The summed E-state index contributed by atoms with van der Waals surface area (Å²) in [6.07, 6.45) is 1.45. The van der Waals surface area contributed by atoms with E-state index in [0.29, 0.717) is 24.3 Å². The minimum absolute atomic E-state index is 0.0916. The van der Waals surface area contributed by atoms with Crippen LogP contribution in [0.2, 0.25) is 0 Å². The number of H-pyrrole nitrogens is 1. The number of amides is 1. The summed E-state index contributed by atoms with van der Waals surface area (Å²) in [4.78, 5) is 27.5. The molecule has 1 aliphatic rings. The van der Waals surface area contributed by atoms with E-state index >= 15 is 0 Å². The molecule has 0 bridgehead atoms. The number of benzene rings is 1. The van der Waals surface area contributed by atoms with E-state index in [-0.39, 0.29) is 11.5 Å². The number of hydrogen-bond donors (Lipinski definition) is 2. The summed E-state index contributed by atoms with van der Waals surface area (Å²) in [7, 11) is 0. The molecule has 0 atom stereocenters. The highest BCUT2D eigenvalue weighted by atomic mass is 16.2. The van der Waals surface area contributed by atoms with Gasteiger partial charge in [0.2, 0.25) is 5.56 Å². The molecule has 0 saturated carbocycles.